The van der Waals surface area contributed by atoms with Gasteiger partial charge in [0.25, 0.3) is 0 Å². The van der Waals surface area contributed by atoms with Gasteiger partial charge in [-0.05, 0) is 37.0 Å². The van der Waals surface area contributed by atoms with Crippen molar-refractivity contribution in [2.45, 2.75) is 37.9 Å². The third-order valence-electron chi connectivity index (χ3n) is 3.57. The Hall–Kier alpha value is -2.37. The molecule has 1 aromatic carbocycles. The predicted molar refractivity (Wildman–Crippen MR) is 99.2 cm³/mol. The van der Waals surface area contributed by atoms with Gasteiger partial charge in [0.15, 0.2) is 0 Å². The van der Waals surface area contributed by atoms with Crippen LogP contribution in [-0.4, -0.2) is 35.4 Å². The first-order chi connectivity index (χ1) is 12.0. The van der Waals surface area contributed by atoms with Crippen LogP contribution in [0.3, 0.4) is 0 Å². The lowest BCUT2D eigenvalue weighted by Crippen LogP contribution is -2.13. The summed E-state index contributed by atoms with van der Waals surface area (Å²) in [6, 6.07) is 7.79. The molecule has 2 unspecified atom stereocenters. The lowest BCUT2D eigenvalue weighted by molar-refractivity contribution is -0.118. The number of aryl methyl sites for hydroxylation is 1. The van der Waals surface area contributed by atoms with E-state index in [0.29, 0.717) is 12.8 Å². The smallest absolute Gasteiger partial charge is 0.217 e. The van der Waals surface area contributed by atoms with Gasteiger partial charge in [0, 0.05) is 6.42 Å². The summed E-state index contributed by atoms with van der Waals surface area (Å²) in [6.45, 7) is 0. The number of aliphatic hydroxyl groups excluding tert-OH is 2. The molecule has 0 heterocycles. The van der Waals surface area contributed by atoms with E-state index >= 15 is 0 Å². The molecule has 0 radical (unpaired) electrons. The molecule has 1 amide bonds. The van der Waals surface area contributed by atoms with Gasteiger partial charge in [-0.25, -0.2) is 0 Å². The van der Waals surface area contributed by atoms with Crippen LogP contribution < -0.4 is 10.5 Å². The Morgan fingerprint density at radius 1 is 1.04 bits per heavy atom. The SMILES string of the molecule is COc1ccc(CCC(O)C=CC=CC=CC(O)CCC(N)=O)cc1. The second-order valence-electron chi connectivity index (χ2n) is 5.68. The van der Waals surface area contributed by atoms with Crippen molar-refractivity contribution in [1.29, 1.82) is 0 Å². The third-order valence-corrected chi connectivity index (χ3v) is 3.57. The molecule has 5 nitrogen and oxygen atoms in total. The number of nitrogens with two attached hydrogens (primary N) is 1. The van der Waals surface area contributed by atoms with E-state index in [0.717, 1.165) is 17.7 Å². The molecule has 1 aromatic rings. The average Bonchev–Trinajstić information content (AvgIpc) is 2.61. The van der Waals surface area contributed by atoms with E-state index in [4.69, 9.17) is 10.5 Å². The minimum atomic E-state index is -0.684. The quantitative estimate of drug-likeness (QED) is 0.537. The summed E-state index contributed by atoms with van der Waals surface area (Å²) in [7, 11) is 1.63. The maximum Gasteiger partial charge on any atom is 0.217 e. The van der Waals surface area contributed by atoms with Crippen LogP contribution in [0.2, 0.25) is 0 Å². The largest absolute Gasteiger partial charge is 0.497 e. The van der Waals surface area contributed by atoms with Crippen molar-refractivity contribution >= 4 is 5.91 Å². The van der Waals surface area contributed by atoms with Gasteiger partial charge in [-0.15, -0.1) is 0 Å². The number of benzene rings is 1. The molecule has 1 rings (SSSR count). The van der Waals surface area contributed by atoms with Gasteiger partial charge < -0.3 is 20.7 Å². The van der Waals surface area contributed by atoms with Crippen molar-refractivity contribution in [2.75, 3.05) is 7.11 Å². The first-order valence-corrected chi connectivity index (χ1v) is 8.30. The topological polar surface area (TPSA) is 92.8 Å². The number of carbonyl (C=O) groups is 1. The molecule has 0 aliphatic rings. The van der Waals surface area contributed by atoms with Gasteiger partial charge in [-0.1, -0.05) is 48.6 Å². The lowest BCUT2D eigenvalue weighted by Gasteiger charge is -2.06. The molecule has 0 spiro atoms. The summed E-state index contributed by atoms with van der Waals surface area (Å²) in [5, 5.41) is 19.5. The summed E-state index contributed by atoms with van der Waals surface area (Å²) in [4.78, 5) is 10.6. The van der Waals surface area contributed by atoms with Crippen LogP contribution in [0.25, 0.3) is 0 Å². The van der Waals surface area contributed by atoms with Gasteiger partial charge in [0.1, 0.15) is 5.75 Å². The standard InChI is InChI=1S/C20H27NO4/c1-25-19-13-9-16(10-14-19)8-11-17(22)6-4-2-3-5-7-18(23)12-15-20(21)24/h2-7,9-10,13-14,17-18,22-23H,8,11-12,15H2,1H3,(H2,21,24). The van der Waals surface area contributed by atoms with Crippen molar-refractivity contribution in [3.05, 3.63) is 66.3 Å². The van der Waals surface area contributed by atoms with E-state index in [1.54, 1.807) is 43.6 Å². The highest BCUT2D eigenvalue weighted by atomic mass is 16.5. The highest BCUT2D eigenvalue weighted by Crippen LogP contribution is 2.13. The summed E-state index contributed by atoms with van der Waals surface area (Å²) >= 11 is 0. The molecular weight excluding hydrogens is 318 g/mol. The third kappa shape index (κ3) is 10.2. The van der Waals surface area contributed by atoms with Crippen molar-refractivity contribution in [1.82, 2.24) is 0 Å². The Bertz CT molecular complexity index is 590. The van der Waals surface area contributed by atoms with Gasteiger partial charge in [-0.3, -0.25) is 4.79 Å². The van der Waals surface area contributed by atoms with Crippen LogP contribution in [0.15, 0.2) is 60.7 Å². The molecular formula is C20H27NO4. The molecule has 5 heteroatoms. The van der Waals surface area contributed by atoms with E-state index in [1.807, 2.05) is 24.3 Å². The number of rotatable bonds is 11. The second-order valence-corrected chi connectivity index (χ2v) is 5.68. The highest BCUT2D eigenvalue weighted by molar-refractivity contribution is 5.73. The predicted octanol–water partition coefficient (Wildman–Crippen LogP) is 2.28. The van der Waals surface area contributed by atoms with E-state index in [9.17, 15) is 15.0 Å². The zero-order valence-electron chi connectivity index (χ0n) is 14.5. The van der Waals surface area contributed by atoms with Crippen LogP contribution in [-0.2, 0) is 11.2 Å². The molecule has 0 aliphatic carbocycles. The fraction of sp³-hybridized carbons (Fsp3) is 0.350. The first-order valence-electron chi connectivity index (χ1n) is 8.30. The minimum absolute atomic E-state index is 0.162. The van der Waals surface area contributed by atoms with Crippen LogP contribution in [0, 0.1) is 0 Å². The molecule has 4 N–H and O–H groups in total. The number of ether oxygens (including phenoxy) is 1. The monoisotopic (exact) mass is 345 g/mol. The Labute approximate surface area is 149 Å². The Balaban J connectivity index is 2.26. The van der Waals surface area contributed by atoms with Crippen LogP contribution >= 0.6 is 0 Å². The Kier molecular flexibility index (Phi) is 9.97. The highest BCUT2D eigenvalue weighted by Gasteiger charge is 2.01. The van der Waals surface area contributed by atoms with Gasteiger partial charge in [-0.2, -0.15) is 0 Å². The van der Waals surface area contributed by atoms with Crippen molar-refractivity contribution in [2.24, 2.45) is 5.73 Å². The summed E-state index contributed by atoms with van der Waals surface area (Å²) in [6.07, 6.45) is 11.0. The summed E-state index contributed by atoms with van der Waals surface area (Å²) in [5.41, 5.74) is 6.16. The molecule has 0 saturated heterocycles. The fourth-order valence-electron chi connectivity index (χ4n) is 2.10. The van der Waals surface area contributed by atoms with Crippen molar-refractivity contribution in [3.8, 4) is 5.75 Å². The Morgan fingerprint density at radius 3 is 2.12 bits per heavy atom. The maximum absolute atomic E-state index is 10.6. The van der Waals surface area contributed by atoms with Gasteiger partial charge in [0.05, 0.1) is 19.3 Å². The molecule has 0 aliphatic heterocycles. The molecule has 0 aromatic heterocycles. The molecule has 2 atom stereocenters. The van der Waals surface area contributed by atoms with E-state index in [-0.39, 0.29) is 6.42 Å². The minimum Gasteiger partial charge on any atom is -0.497 e. The number of aliphatic hydroxyl groups is 2. The lowest BCUT2D eigenvalue weighted by atomic mass is 10.1. The number of hydrogen-bond donors (Lipinski definition) is 3. The van der Waals surface area contributed by atoms with Crippen molar-refractivity contribution in [3.63, 3.8) is 0 Å². The van der Waals surface area contributed by atoms with E-state index < -0.39 is 18.1 Å². The summed E-state index contributed by atoms with van der Waals surface area (Å²) < 4.78 is 5.11. The summed E-state index contributed by atoms with van der Waals surface area (Å²) in [5.74, 6) is 0.400. The first kappa shape index (κ1) is 20.7. The zero-order chi connectivity index (χ0) is 18.5. The van der Waals surface area contributed by atoms with Gasteiger partial charge in [0.2, 0.25) is 5.91 Å². The zero-order valence-corrected chi connectivity index (χ0v) is 14.5. The molecule has 0 fully saturated rings. The number of primary amides is 1. The van der Waals surface area contributed by atoms with Crippen LogP contribution in [0.4, 0.5) is 0 Å². The fourth-order valence-corrected chi connectivity index (χ4v) is 2.10. The number of carbonyl (C=O) groups excluding carboxylic acids is 1. The molecule has 25 heavy (non-hydrogen) atoms. The number of amides is 1. The number of hydrogen-bond acceptors (Lipinski definition) is 4. The average molecular weight is 345 g/mol. The molecule has 0 saturated carbocycles. The Morgan fingerprint density at radius 2 is 1.60 bits per heavy atom. The van der Waals surface area contributed by atoms with Crippen LogP contribution in [0.5, 0.6) is 5.75 Å². The van der Waals surface area contributed by atoms with Crippen LogP contribution in [0.1, 0.15) is 24.8 Å². The van der Waals surface area contributed by atoms with Crippen molar-refractivity contribution < 1.29 is 19.7 Å². The molecule has 136 valence electrons. The van der Waals surface area contributed by atoms with E-state index in [1.165, 1.54) is 0 Å². The maximum atomic E-state index is 10.6. The second kappa shape index (κ2) is 12.1. The van der Waals surface area contributed by atoms with E-state index in [2.05, 4.69) is 0 Å². The normalized spacial score (nSPS) is 14.4. The molecule has 0 bridgehead atoms. The number of methoxy groups -OCH3 is 1. The number of allylic oxidation sites excluding steroid dienone is 4. The van der Waals surface area contributed by atoms with Gasteiger partial charge >= 0.3 is 0 Å².